The van der Waals surface area contributed by atoms with Crippen LogP contribution < -0.4 is 10.6 Å². The van der Waals surface area contributed by atoms with Crippen molar-refractivity contribution in [2.24, 2.45) is 0 Å². The largest absolute Gasteiger partial charge is 0.334 e. The molecule has 0 spiro atoms. The van der Waals surface area contributed by atoms with Crippen LogP contribution in [0.1, 0.15) is 25.3 Å². The number of urea groups is 1. The molecule has 1 atom stereocenters. The maximum Gasteiger partial charge on any atom is 0.317 e. The molecule has 2 amide bonds. The lowest BCUT2D eigenvalue weighted by Crippen LogP contribution is -2.51. The summed E-state index contributed by atoms with van der Waals surface area (Å²) in [4.78, 5) is 14.2. The van der Waals surface area contributed by atoms with Crippen LogP contribution in [-0.4, -0.2) is 36.6 Å². The zero-order valence-electron chi connectivity index (χ0n) is 11.6. The van der Waals surface area contributed by atoms with Crippen molar-refractivity contribution in [3.05, 3.63) is 35.9 Å². The van der Waals surface area contributed by atoms with Gasteiger partial charge in [0, 0.05) is 25.7 Å². The molecule has 0 bridgehead atoms. The van der Waals surface area contributed by atoms with Gasteiger partial charge in [0.1, 0.15) is 0 Å². The van der Waals surface area contributed by atoms with Gasteiger partial charge in [-0.2, -0.15) is 0 Å². The van der Waals surface area contributed by atoms with E-state index in [0.29, 0.717) is 12.6 Å². The van der Waals surface area contributed by atoms with Crippen LogP contribution in [-0.2, 0) is 6.54 Å². The Morgan fingerprint density at radius 3 is 2.84 bits per heavy atom. The number of benzene rings is 1. The van der Waals surface area contributed by atoms with Crippen LogP contribution in [0, 0.1) is 0 Å². The molecule has 1 unspecified atom stereocenters. The maximum atomic E-state index is 12.2. The second-order valence-electron chi connectivity index (χ2n) is 4.93. The Hall–Kier alpha value is -1.55. The van der Waals surface area contributed by atoms with Gasteiger partial charge in [-0.25, -0.2) is 4.79 Å². The van der Waals surface area contributed by atoms with Crippen LogP contribution in [0.2, 0.25) is 0 Å². The summed E-state index contributed by atoms with van der Waals surface area (Å²) < 4.78 is 0. The van der Waals surface area contributed by atoms with E-state index < -0.39 is 0 Å². The zero-order chi connectivity index (χ0) is 13.5. The van der Waals surface area contributed by atoms with Crippen molar-refractivity contribution < 1.29 is 4.79 Å². The van der Waals surface area contributed by atoms with Gasteiger partial charge in [0.15, 0.2) is 0 Å². The number of rotatable bonds is 4. The molecule has 1 aliphatic rings. The number of likely N-dealkylation sites (N-methyl/N-ethyl adjacent to an activating group) is 1. The maximum absolute atomic E-state index is 12.2. The van der Waals surface area contributed by atoms with E-state index in [1.165, 1.54) is 0 Å². The number of hydrogen-bond donors (Lipinski definition) is 2. The topological polar surface area (TPSA) is 44.4 Å². The molecule has 0 aromatic heterocycles. The first kappa shape index (κ1) is 13.9. The zero-order valence-corrected chi connectivity index (χ0v) is 11.6. The van der Waals surface area contributed by atoms with Crippen LogP contribution in [0.4, 0.5) is 4.79 Å². The predicted octanol–water partition coefficient (Wildman–Crippen LogP) is 1.97. The lowest BCUT2D eigenvalue weighted by Gasteiger charge is -2.34. The van der Waals surface area contributed by atoms with Gasteiger partial charge in [-0.1, -0.05) is 30.3 Å². The SMILES string of the molecule is CCN(C(=O)NCc1ccccc1)C1CCCNC1. The van der Waals surface area contributed by atoms with Crippen molar-refractivity contribution in [3.63, 3.8) is 0 Å². The number of hydrogen-bond acceptors (Lipinski definition) is 2. The molecule has 1 heterocycles. The highest BCUT2D eigenvalue weighted by molar-refractivity contribution is 5.74. The highest BCUT2D eigenvalue weighted by Gasteiger charge is 2.23. The average molecular weight is 261 g/mol. The van der Waals surface area contributed by atoms with Crippen LogP contribution in [0.15, 0.2) is 30.3 Å². The monoisotopic (exact) mass is 261 g/mol. The molecular formula is C15H23N3O. The third-order valence-electron chi connectivity index (χ3n) is 3.60. The molecule has 0 aliphatic carbocycles. The van der Waals surface area contributed by atoms with Crippen molar-refractivity contribution in [2.45, 2.75) is 32.4 Å². The lowest BCUT2D eigenvalue weighted by molar-refractivity contribution is 0.164. The van der Waals surface area contributed by atoms with Gasteiger partial charge < -0.3 is 15.5 Å². The fraction of sp³-hybridized carbons (Fsp3) is 0.533. The number of nitrogens with zero attached hydrogens (tertiary/aromatic N) is 1. The third-order valence-corrected chi connectivity index (χ3v) is 3.60. The smallest absolute Gasteiger partial charge is 0.317 e. The lowest BCUT2D eigenvalue weighted by atomic mass is 10.1. The molecule has 19 heavy (non-hydrogen) atoms. The van der Waals surface area contributed by atoms with Crippen molar-refractivity contribution in [1.29, 1.82) is 0 Å². The molecular weight excluding hydrogens is 238 g/mol. The summed E-state index contributed by atoms with van der Waals surface area (Å²) in [6, 6.07) is 10.4. The molecule has 4 nitrogen and oxygen atoms in total. The minimum Gasteiger partial charge on any atom is -0.334 e. The highest BCUT2D eigenvalue weighted by Crippen LogP contribution is 2.10. The van der Waals surface area contributed by atoms with Crippen LogP contribution in [0.3, 0.4) is 0 Å². The summed E-state index contributed by atoms with van der Waals surface area (Å²) >= 11 is 0. The molecule has 1 aliphatic heterocycles. The number of piperidine rings is 1. The summed E-state index contributed by atoms with van der Waals surface area (Å²) in [6.45, 7) is 5.37. The van der Waals surface area contributed by atoms with Crippen molar-refractivity contribution in [2.75, 3.05) is 19.6 Å². The fourth-order valence-electron chi connectivity index (χ4n) is 2.54. The minimum atomic E-state index is 0.0417. The van der Waals surface area contributed by atoms with E-state index in [1.54, 1.807) is 0 Å². The van der Waals surface area contributed by atoms with E-state index in [1.807, 2.05) is 42.2 Å². The number of nitrogens with one attached hydrogen (secondary N) is 2. The van der Waals surface area contributed by atoms with E-state index >= 15 is 0 Å². The molecule has 2 N–H and O–H groups in total. The minimum absolute atomic E-state index is 0.0417. The van der Waals surface area contributed by atoms with E-state index in [0.717, 1.165) is 38.0 Å². The van der Waals surface area contributed by atoms with E-state index in [-0.39, 0.29) is 6.03 Å². The standard InChI is InChI=1S/C15H23N3O/c1-2-18(14-9-6-10-16-12-14)15(19)17-11-13-7-4-3-5-8-13/h3-5,7-8,14,16H,2,6,9-12H2,1H3,(H,17,19). The van der Waals surface area contributed by atoms with E-state index in [2.05, 4.69) is 10.6 Å². The first-order valence-electron chi connectivity index (χ1n) is 7.10. The molecule has 1 aromatic carbocycles. The van der Waals surface area contributed by atoms with Gasteiger partial charge >= 0.3 is 6.03 Å². The van der Waals surface area contributed by atoms with E-state index in [4.69, 9.17) is 0 Å². The van der Waals surface area contributed by atoms with Gasteiger partial charge in [0.25, 0.3) is 0 Å². The van der Waals surface area contributed by atoms with Gasteiger partial charge in [-0.15, -0.1) is 0 Å². The second-order valence-corrected chi connectivity index (χ2v) is 4.93. The number of carbonyl (C=O) groups is 1. The summed E-state index contributed by atoms with van der Waals surface area (Å²) in [5.41, 5.74) is 1.13. The molecule has 4 heteroatoms. The van der Waals surface area contributed by atoms with Crippen molar-refractivity contribution in [3.8, 4) is 0 Å². The van der Waals surface area contributed by atoms with Crippen molar-refractivity contribution in [1.82, 2.24) is 15.5 Å². The van der Waals surface area contributed by atoms with Gasteiger partial charge in [0.05, 0.1) is 0 Å². The molecule has 2 rings (SSSR count). The summed E-state index contributed by atoms with van der Waals surface area (Å²) in [7, 11) is 0. The Balaban J connectivity index is 1.86. The highest BCUT2D eigenvalue weighted by atomic mass is 16.2. The fourth-order valence-corrected chi connectivity index (χ4v) is 2.54. The molecule has 1 aromatic rings. The third kappa shape index (κ3) is 3.96. The molecule has 0 radical (unpaired) electrons. The van der Waals surface area contributed by atoms with Crippen LogP contribution >= 0.6 is 0 Å². The Morgan fingerprint density at radius 2 is 2.21 bits per heavy atom. The van der Waals surface area contributed by atoms with Gasteiger partial charge in [-0.3, -0.25) is 0 Å². The van der Waals surface area contributed by atoms with Crippen molar-refractivity contribution >= 4 is 6.03 Å². The molecule has 1 saturated heterocycles. The first-order chi connectivity index (χ1) is 9.31. The number of amides is 2. The van der Waals surface area contributed by atoms with E-state index in [9.17, 15) is 4.79 Å². The Labute approximate surface area is 115 Å². The summed E-state index contributed by atoms with van der Waals surface area (Å²) in [6.07, 6.45) is 2.24. The molecule has 0 saturated carbocycles. The Bertz CT molecular complexity index is 388. The number of carbonyl (C=O) groups excluding carboxylic acids is 1. The summed E-state index contributed by atoms with van der Waals surface area (Å²) in [5.74, 6) is 0. The van der Waals surface area contributed by atoms with Gasteiger partial charge in [0.2, 0.25) is 0 Å². The Kier molecular flexibility index (Phi) is 5.21. The van der Waals surface area contributed by atoms with Gasteiger partial charge in [-0.05, 0) is 31.9 Å². The Morgan fingerprint density at radius 1 is 1.42 bits per heavy atom. The normalized spacial score (nSPS) is 18.9. The quantitative estimate of drug-likeness (QED) is 0.870. The van der Waals surface area contributed by atoms with Crippen LogP contribution in [0.25, 0.3) is 0 Å². The average Bonchev–Trinajstić information content (AvgIpc) is 2.48. The molecule has 104 valence electrons. The molecule has 1 fully saturated rings. The van der Waals surface area contributed by atoms with Crippen LogP contribution in [0.5, 0.6) is 0 Å². The summed E-state index contributed by atoms with van der Waals surface area (Å²) in [5, 5.41) is 6.36. The first-order valence-corrected chi connectivity index (χ1v) is 7.10. The predicted molar refractivity (Wildman–Crippen MR) is 76.9 cm³/mol. The second kappa shape index (κ2) is 7.14.